The van der Waals surface area contributed by atoms with Gasteiger partial charge in [0.1, 0.15) is 6.61 Å². The summed E-state index contributed by atoms with van der Waals surface area (Å²) >= 11 is 3.32. The van der Waals surface area contributed by atoms with Gasteiger partial charge >= 0.3 is 5.97 Å². The summed E-state index contributed by atoms with van der Waals surface area (Å²) in [6.45, 7) is 5.63. The van der Waals surface area contributed by atoms with Gasteiger partial charge in [0.2, 0.25) is 0 Å². The summed E-state index contributed by atoms with van der Waals surface area (Å²) in [7, 11) is 0. The molecule has 2 nitrogen and oxygen atoms in total. The van der Waals surface area contributed by atoms with E-state index in [0.717, 1.165) is 15.6 Å². The molecule has 0 bridgehead atoms. The molecule has 0 saturated carbocycles. The second-order valence-corrected chi connectivity index (χ2v) is 4.21. The van der Waals surface area contributed by atoms with Crippen LogP contribution in [0.1, 0.15) is 12.5 Å². The van der Waals surface area contributed by atoms with Crippen molar-refractivity contribution < 1.29 is 9.53 Å². The third-order valence-electron chi connectivity index (χ3n) is 1.58. The van der Waals surface area contributed by atoms with Gasteiger partial charge in [-0.25, -0.2) is 4.79 Å². The fourth-order valence-corrected chi connectivity index (χ4v) is 1.31. The molecule has 0 amide bonds. The zero-order chi connectivity index (χ0) is 12.0. The fraction of sp³-hybridized carbons (Fsp3) is 0.154. The van der Waals surface area contributed by atoms with Gasteiger partial charge in [-0.2, -0.15) is 0 Å². The van der Waals surface area contributed by atoms with Crippen LogP contribution >= 0.6 is 15.9 Å². The van der Waals surface area contributed by atoms with Crippen LogP contribution in [-0.4, -0.2) is 12.6 Å². The van der Waals surface area contributed by atoms with Crippen molar-refractivity contribution in [1.29, 1.82) is 0 Å². The summed E-state index contributed by atoms with van der Waals surface area (Å²) in [5, 5.41) is 0. The van der Waals surface area contributed by atoms with Gasteiger partial charge in [0.15, 0.2) is 0 Å². The van der Waals surface area contributed by atoms with E-state index in [-0.39, 0.29) is 6.61 Å². The number of hydrogen-bond donors (Lipinski definition) is 0. The van der Waals surface area contributed by atoms with Crippen LogP contribution in [0, 0.1) is 11.8 Å². The Labute approximate surface area is 103 Å². The lowest BCUT2D eigenvalue weighted by molar-refractivity contribution is -0.135. The molecule has 0 saturated heterocycles. The Bertz CT molecular complexity index is 466. The van der Waals surface area contributed by atoms with E-state index in [0.29, 0.717) is 0 Å². The van der Waals surface area contributed by atoms with E-state index in [1.54, 1.807) is 6.92 Å². The second-order valence-electron chi connectivity index (χ2n) is 3.29. The van der Waals surface area contributed by atoms with Gasteiger partial charge in [-0.15, -0.1) is 0 Å². The highest BCUT2D eigenvalue weighted by Crippen LogP contribution is 2.10. The lowest BCUT2D eigenvalue weighted by atomic mass is 10.2. The highest BCUT2D eigenvalue weighted by Gasteiger charge is 1.96. The maximum Gasteiger partial charge on any atom is 0.385 e. The van der Waals surface area contributed by atoms with Crippen LogP contribution < -0.4 is 0 Å². The lowest BCUT2D eigenvalue weighted by Gasteiger charge is -1.97. The second kappa shape index (κ2) is 6.14. The molecule has 3 heteroatoms. The van der Waals surface area contributed by atoms with Gasteiger partial charge in [0.05, 0.1) is 0 Å². The predicted octanol–water partition coefficient (Wildman–Crippen LogP) is 2.92. The highest BCUT2D eigenvalue weighted by molar-refractivity contribution is 9.10. The summed E-state index contributed by atoms with van der Waals surface area (Å²) in [5.74, 6) is 4.59. The fourth-order valence-electron chi connectivity index (χ4n) is 0.914. The average Bonchev–Trinajstić information content (AvgIpc) is 2.23. The minimum atomic E-state index is -0.539. The molecule has 0 aliphatic carbocycles. The van der Waals surface area contributed by atoms with E-state index in [4.69, 9.17) is 4.74 Å². The number of rotatable bonds is 2. The molecule has 1 aromatic carbocycles. The minimum absolute atomic E-state index is 0.214. The maximum atomic E-state index is 11.2. The van der Waals surface area contributed by atoms with Gasteiger partial charge in [-0.05, 0) is 30.7 Å². The molecule has 0 spiro atoms. The van der Waals surface area contributed by atoms with Crippen molar-refractivity contribution in [2.75, 3.05) is 6.61 Å². The van der Waals surface area contributed by atoms with Crippen LogP contribution in [-0.2, 0) is 9.53 Å². The molecule has 0 aliphatic rings. The number of halogens is 1. The molecule has 0 radical (unpaired) electrons. The summed E-state index contributed by atoms with van der Waals surface area (Å²) in [6.07, 6.45) is 0. The number of benzene rings is 1. The van der Waals surface area contributed by atoms with Crippen molar-refractivity contribution in [2.24, 2.45) is 0 Å². The molecule has 0 heterocycles. The lowest BCUT2D eigenvalue weighted by Crippen LogP contribution is -2.03. The van der Waals surface area contributed by atoms with Crippen LogP contribution in [0.15, 0.2) is 40.9 Å². The Hall–Kier alpha value is -1.53. The van der Waals surface area contributed by atoms with Gasteiger partial charge in [-0.1, -0.05) is 34.5 Å². The molecule has 0 aromatic heterocycles. The number of esters is 1. The zero-order valence-electron chi connectivity index (χ0n) is 8.92. The van der Waals surface area contributed by atoms with Crippen molar-refractivity contribution in [3.63, 3.8) is 0 Å². The molecule has 0 N–H and O–H groups in total. The first kappa shape index (κ1) is 12.5. The van der Waals surface area contributed by atoms with Gasteiger partial charge in [0.25, 0.3) is 0 Å². The van der Waals surface area contributed by atoms with Crippen LogP contribution in [0.3, 0.4) is 0 Å². The quantitative estimate of drug-likeness (QED) is 0.472. The van der Waals surface area contributed by atoms with E-state index in [1.165, 1.54) is 0 Å². The summed E-state index contributed by atoms with van der Waals surface area (Å²) in [4.78, 5) is 11.2. The molecule has 82 valence electrons. The monoisotopic (exact) mass is 278 g/mol. The molecule has 0 unspecified atom stereocenters. The largest absolute Gasteiger partial charge is 0.452 e. The van der Waals surface area contributed by atoms with E-state index in [9.17, 15) is 4.79 Å². The standard InChI is InChI=1S/C13H11BrO2/c1-10(2)9-16-13(15)7-6-11-4-3-5-12(14)8-11/h3-5,8H,1,9H2,2H3. The Balaban J connectivity index is 2.60. The maximum absolute atomic E-state index is 11.2. The Morgan fingerprint density at radius 2 is 2.31 bits per heavy atom. The summed E-state index contributed by atoms with van der Waals surface area (Å²) < 4.78 is 5.76. The van der Waals surface area contributed by atoms with Gasteiger partial charge < -0.3 is 4.74 Å². The molecule has 0 atom stereocenters. The first-order valence-corrected chi connectivity index (χ1v) is 5.46. The van der Waals surface area contributed by atoms with Crippen LogP contribution in [0.5, 0.6) is 0 Å². The van der Waals surface area contributed by atoms with E-state index in [2.05, 4.69) is 34.3 Å². The number of carbonyl (C=O) groups is 1. The first-order valence-electron chi connectivity index (χ1n) is 4.66. The van der Waals surface area contributed by atoms with Crippen LogP contribution in [0.4, 0.5) is 0 Å². The predicted molar refractivity (Wildman–Crippen MR) is 66.8 cm³/mol. The molecule has 1 rings (SSSR count). The van der Waals surface area contributed by atoms with Gasteiger partial charge in [-0.3, -0.25) is 0 Å². The molecule has 16 heavy (non-hydrogen) atoms. The Kier molecular flexibility index (Phi) is 4.81. The SMILES string of the molecule is C=C(C)COC(=O)C#Cc1cccc(Br)c1. The molecular formula is C13H11BrO2. The molecule has 0 fully saturated rings. The van der Waals surface area contributed by atoms with Crippen molar-refractivity contribution in [1.82, 2.24) is 0 Å². The average molecular weight is 279 g/mol. The third-order valence-corrected chi connectivity index (χ3v) is 2.08. The van der Waals surface area contributed by atoms with E-state index < -0.39 is 5.97 Å². The third kappa shape index (κ3) is 4.81. The van der Waals surface area contributed by atoms with Crippen molar-refractivity contribution in [2.45, 2.75) is 6.92 Å². The van der Waals surface area contributed by atoms with E-state index in [1.807, 2.05) is 24.3 Å². The first-order chi connectivity index (χ1) is 7.58. The summed E-state index contributed by atoms with van der Waals surface area (Å²) in [5.41, 5.74) is 1.55. The normalized spacial score (nSPS) is 8.88. The Morgan fingerprint density at radius 3 is 2.94 bits per heavy atom. The zero-order valence-corrected chi connectivity index (χ0v) is 10.5. The smallest absolute Gasteiger partial charge is 0.385 e. The van der Waals surface area contributed by atoms with Crippen molar-refractivity contribution >= 4 is 21.9 Å². The molecule has 0 aliphatic heterocycles. The Morgan fingerprint density at radius 1 is 1.56 bits per heavy atom. The number of carbonyl (C=O) groups excluding carboxylic acids is 1. The summed E-state index contributed by atoms with van der Waals surface area (Å²) in [6, 6.07) is 7.40. The van der Waals surface area contributed by atoms with E-state index >= 15 is 0 Å². The number of ether oxygens (including phenoxy) is 1. The number of hydrogen-bond acceptors (Lipinski definition) is 2. The molecule has 1 aromatic rings. The van der Waals surface area contributed by atoms with Crippen molar-refractivity contribution in [3.8, 4) is 11.8 Å². The topological polar surface area (TPSA) is 26.3 Å². The van der Waals surface area contributed by atoms with Gasteiger partial charge in [0, 0.05) is 16.0 Å². The molecular weight excluding hydrogens is 268 g/mol. The highest BCUT2D eigenvalue weighted by atomic mass is 79.9. The minimum Gasteiger partial charge on any atom is -0.452 e. The van der Waals surface area contributed by atoms with Crippen LogP contribution in [0.2, 0.25) is 0 Å². The van der Waals surface area contributed by atoms with Crippen LogP contribution in [0.25, 0.3) is 0 Å². The van der Waals surface area contributed by atoms with Crippen molar-refractivity contribution in [3.05, 3.63) is 46.5 Å².